The molecule has 5 heteroatoms. The van der Waals surface area contributed by atoms with E-state index in [1.165, 1.54) is 0 Å². The fourth-order valence-electron chi connectivity index (χ4n) is 1.98. The summed E-state index contributed by atoms with van der Waals surface area (Å²) in [5.41, 5.74) is 3.84. The molecule has 1 aromatic carbocycles. The van der Waals surface area contributed by atoms with E-state index in [9.17, 15) is 0 Å². The van der Waals surface area contributed by atoms with Crippen molar-refractivity contribution in [2.24, 2.45) is 5.84 Å². The summed E-state index contributed by atoms with van der Waals surface area (Å²) in [5, 5.41) is 0. The van der Waals surface area contributed by atoms with E-state index in [4.69, 9.17) is 15.3 Å². The minimum atomic E-state index is -0.118. The Labute approximate surface area is 115 Å². The van der Waals surface area contributed by atoms with E-state index >= 15 is 0 Å². The normalized spacial score (nSPS) is 16.7. The zero-order valence-corrected chi connectivity index (χ0v) is 11.9. The Hall–Kier alpha value is -1.04. The Morgan fingerprint density at radius 2 is 2.33 bits per heavy atom. The van der Waals surface area contributed by atoms with Crippen LogP contribution in [0.5, 0.6) is 5.75 Å². The Bertz CT molecular complexity index is 449. The van der Waals surface area contributed by atoms with Crippen LogP contribution in [0.2, 0.25) is 0 Å². The summed E-state index contributed by atoms with van der Waals surface area (Å²) in [6.45, 7) is 0.751. The van der Waals surface area contributed by atoms with Gasteiger partial charge in [0, 0.05) is 0 Å². The molecule has 0 bridgehead atoms. The van der Waals surface area contributed by atoms with Crippen molar-refractivity contribution < 1.29 is 9.47 Å². The van der Waals surface area contributed by atoms with E-state index in [0.717, 1.165) is 41.0 Å². The Balaban J connectivity index is 2.27. The van der Waals surface area contributed by atoms with Gasteiger partial charge < -0.3 is 9.47 Å². The number of hydrazine groups is 1. The standard InChI is InChI=1S/C13H17BrN2O2/c1-17-11-6-5-9(8-10(11)14)13(16-15)12-4-2-3-7-18-12/h4-6,8,13,16H,2-3,7,15H2,1H3. The molecule has 0 saturated heterocycles. The third kappa shape index (κ3) is 2.85. The summed E-state index contributed by atoms with van der Waals surface area (Å²) in [5.74, 6) is 7.33. The predicted molar refractivity (Wildman–Crippen MR) is 74.0 cm³/mol. The molecule has 4 nitrogen and oxygen atoms in total. The molecule has 98 valence electrons. The van der Waals surface area contributed by atoms with Gasteiger partial charge in [0.25, 0.3) is 0 Å². The maximum atomic E-state index is 5.65. The maximum absolute atomic E-state index is 5.65. The number of nitrogens with two attached hydrogens (primary N) is 1. The number of rotatable bonds is 4. The summed E-state index contributed by atoms with van der Waals surface area (Å²) in [6, 6.07) is 5.76. The van der Waals surface area contributed by atoms with Crippen molar-refractivity contribution in [2.45, 2.75) is 18.9 Å². The first-order valence-corrected chi connectivity index (χ1v) is 6.68. The Morgan fingerprint density at radius 1 is 1.50 bits per heavy atom. The summed E-state index contributed by atoms with van der Waals surface area (Å²) in [4.78, 5) is 0. The highest BCUT2D eigenvalue weighted by atomic mass is 79.9. The lowest BCUT2D eigenvalue weighted by Crippen LogP contribution is -2.31. The molecular formula is C13H17BrN2O2. The van der Waals surface area contributed by atoms with Gasteiger partial charge >= 0.3 is 0 Å². The van der Waals surface area contributed by atoms with Gasteiger partial charge in [-0.2, -0.15) is 0 Å². The van der Waals surface area contributed by atoms with Crippen LogP contribution in [0.25, 0.3) is 0 Å². The van der Waals surface area contributed by atoms with Gasteiger partial charge in [-0.15, -0.1) is 0 Å². The molecule has 0 aromatic heterocycles. The highest BCUT2D eigenvalue weighted by molar-refractivity contribution is 9.10. The molecule has 2 rings (SSSR count). The number of hydrogen-bond acceptors (Lipinski definition) is 4. The van der Waals surface area contributed by atoms with Gasteiger partial charge in [0.1, 0.15) is 17.6 Å². The van der Waals surface area contributed by atoms with Crippen molar-refractivity contribution >= 4 is 15.9 Å². The molecule has 1 atom stereocenters. The van der Waals surface area contributed by atoms with Crippen LogP contribution in [0.3, 0.4) is 0 Å². The van der Waals surface area contributed by atoms with Crippen LogP contribution in [0.15, 0.2) is 34.5 Å². The molecule has 1 unspecified atom stereocenters. The lowest BCUT2D eigenvalue weighted by Gasteiger charge is -2.23. The lowest BCUT2D eigenvalue weighted by atomic mass is 10.0. The smallest absolute Gasteiger partial charge is 0.133 e. The minimum Gasteiger partial charge on any atom is -0.496 e. The predicted octanol–water partition coefficient (Wildman–Crippen LogP) is 2.66. The largest absolute Gasteiger partial charge is 0.496 e. The molecule has 1 heterocycles. The Morgan fingerprint density at radius 3 is 2.89 bits per heavy atom. The van der Waals surface area contributed by atoms with E-state index in [0.29, 0.717) is 0 Å². The number of allylic oxidation sites excluding steroid dienone is 1. The second-order valence-electron chi connectivity index (χ2n) is 4.09. The average Bonchev–Trinajstić information content (AvgIpc) is 2.41. The third-order valence-corrected chi connectivity index (χ3v) is 3.54. The number of hydrogen-bond donors (Lipinski definition) is 2. The molecule has 0 amide bonds. The summed E-state index contributed by atoms with van der Waals surface area (Å²) < 4.78 is 11.8. The zero-order valence-electron chi connectivity index (χ0n) is 10.3. The maximum Gasteiger partial charge on any atom is 0.133 e. The average molecular weight is 313 g/mol. The third-order valence-electron chi connectivity index (χ3n) is 2.92. The van der Waals surface area contributed by atoms with E-state index in [-0.39, 0.29) is 6.04 Å². The van der Waals surface area contributed by atoms with Gasteiger partial charge in [0.15, 0.2) is 0 Å². The first-order chi connectivity index (χ1) is 8.76. The van der Waals surface area contributed by atoms with Gasteiger partial charge in [0.2, 0.25) is 0 Å². The molecule has 0 radical (unpaired) electrons. The molecule has 0 fully saturated rings. The number of nitrogens with one attached hydrogen (secondary N) is 1. The fraction of sp³-hybridized carbons (Fsp3) is 0.385. The van der Waals surface area contributed by atoms with Crippen molar-refractivity contribution in [3.8, 4) is 5.75 Å². The van der Waals surface area contributed by atoms with Gasteiger partial charge in [-0.3, -0.25) is 5.84 Å². The highest BCUT2D eigenvalue weighted by Gasteiger charge is 2.19. The van der Waals surface area contributed by atoms with Crippen LogP contribution >= 0.6 is 15.9 Å². The van der Waals surface area contributed by atoms with E-state index in [1.54, 1.807) is 7.11 Å². The van der Waals surface area contributed by atoms with Crippen LogP contribution in [0, 0.1) is 0 Å². The Kier molecular flexibility index (Phi) is 4.63. The molecule has 0 spiro atoms. The number of halogens is 1. The van der Waals surface area contributed by atoms with E-state index in [2.05, 4.69) is 27.4 Å². The SMILES string of the molecule is COc1ccc(C(NN)C2=CCCCO2)cc1Br. The fourth-order valence-corrected chi connectivity index (χ4v) is 2.54. The number of ether oxygens (including phenoxy) is 2. The molecule has 1 aliphatic heterocycles. The van der Waals surface area contributed by atoms with E-state index < -0.39 is 0 Å². The van der Waals surface area contributed by atoms with Gasteiger partial charge in [-0.1, -0.05) is 6.07 Å². The zero-order chi connectivity index (χ0) is 13.0. The van der Waals surface area contributed by atoms with Gasteiger partial charge in [-0.05, 0) is 52.5 Å². The molecule has 0 saturated carbocycles. The molecule has 0 aliphatic carbocycles. The molecule has 18 heavy (non-hydrogen) atoms. The van der Waals surface area contributed by atoms with Crippen LogP contribution in [-0.2, 0) is 4.74 Å². The van der Waals surface area contributed by atoms with E-state index in [1.807, 2.05) is 18.2 Å². The second-order valence-corrected chi connectivity index (χ2v) is 4.95. The van der Waals surface area contributed by atoms with Crippen LogP contribution in [-0.4, -0.2) is 13.7 Å². The summed E-state index contributed by atoms with van der Waals surface area (Å²) >= 11 is 3.47. The summed E-state index contributed by atoms with van der Waals surface area (Å²) in [7, 11) is 1.64. The molecular weight excluding hydrogens is 296 g/mol. The highest BCUT2D eigenvalue weighted by Crippen LogP contribution is 2.31. The minimum absolute atomic E-state index is 0.118. The van der Waals surface area contributed by atoms with Crippen LogP contribution in [0.1, 0.15) is 24.4 Å². The first kappa shape index (κ1) is 13.4. The number of methoxy groups -OCH3 is 1. The quantitative estimate of drug-likeness (QED) is 0.663. The van der Waals surface area contributed by atoms with Crippen molar-refractivity contribution in [2.75, 3.05) is 13.7 Å². The van der Waals surface area contributed by atoms with Crippen LogP contribution < -0.4 is 16.0 Å². The lowest BCUT2D eigenvalue weighted by molar-refractivity contribution is 0.168. The van der Waals surface area contributed by atoms with Gasteiger partial charge in [-0.25, -0.2) is 5.43 Å². The second kappa shape index (κ2) is 6.22. The first-order valence-electron chi connectivity index (χ1n) is 5.88. The number of benzene rings is 1. The topological polar surface area (TPSA) is 56.5 Å². The van der Waals surface area contributed by atoms with Gasteiger partial charge in [0.05, 0.1) is 18.2 Å². The van der Waals surface area contributed by atoms with Crippen molar-refractivity contribution in [3.05, 3.63) is 40.1 Å². The summed E-state index contributed by atoms with van der Waals surface area (Å²) in [6.07, 6.45) is 4.18. The van der Waals surface area contributed by atoms with Crippen molar-refractivity contribution in [1.82, 2.24) is 5.43 Å². The molecule has 3 N–H and O–H groups in total. The van der Waals surface area contributed by atoms with Crippen molar-refractivity contribution in [3.63, 3.8) is 0 Å². The van der Waals surface area contributed by atoms with Crippen LogP contribution in [0.4, 0.5) is 0 Å². The molecule has 1 aromatic rings. The van der Waals surface area contributed by atoms with Crippen molar-refractivity contribution in [1.29, 1.82) is 0 Å². The monoisotopic (exact) mass is 312 g/mol. The molecule has 1 aliphatic rings.